The van der Waals surface area contributed by atoms with Gasteiger partial charge in [0.05, 0.1) is 0 Å². The number of H-pyrrole nitrogens is 1. The number of fused-ring (bicyclic) bond motifs is 3. The number of aromatic nitrogens is 2. The second-order valence-electron chi connectivity index (χ2n) is 8.51. The van der Waals surface area contributed by atoms with E-state index >= 15 is 0 Å². The molecule has 2 nitrogen and oxygen atoms in total. The van der Waals surface area contributed by atoms with Crippen LogP contribution in [0.4, 0.5) is 0 Å². The predicted octanol–water partition coefficient (Wildman–Crippen LogP) is 9.74. The van der Waals surface area contributed by atoms with Crippen molar-refractivity contribution >= 4 is 49.5 Å². The first-order chi connectivity index (χ1) is 17.7. The fraction of sp³-hybridized carbons (Fsp3) is 0.0323. The van der Waals surface area contributed by atoms with Crippen molar-refractivity contribution in [2.45, 2.75) is 6.92 Å². The van der Waals surface area contributed by atoms with Crippen LogP contribution < -0.4 is 0 Å². The number of para-hydroxylation sites is 1. The molecular formula is C31H24Cl2N2Zr. The van der Waals surface area contributed by atoms with E-state index in [9.17, 15) is 0 Å². The third-order valence-corrected chi connectivity index (χ3v) is 6.34. The molecule has 7 rings (SSSR count). The molecule has 0 radical (unpaired) electrons. The average molecular weight is 587 g/mol. The summed E-state index contributed by atoms with van der Waals surface area (Å²) in [5.74, 6) is 0. The number of nitrogens with one attached hydrogen (secondary N) is 1. The molecule has 36 heavy (non-hydrogen) atoms. The second-order valence-corrected chi connectivity index (χ2v) is 12.2. The van der Waals surface area contributed by atoms with Crippen LogP contribution in [0.2, 0.25) is 0 Å². The Balaban J connectivity index is 0.000000139. The Morgan fingerprint density at radius 2 is 1.50 bits per heavy atom. The molecule has 0 amide bonds. The second kappa shape index (κ2) is 11.5. The smallest absolute Gasteiger partial charge is 0.00799 e. The number of nitrogens with zero attached hydrogens (tertiary/aromatic N) is 1. The van der Waals surface area contributed by atoms with Gasteiger partial charge in [-0.05, 0) is 36.2 Å². The van der Waals surface area contributed by atoms with Crippen LogP contribution in [-0.4, -0.2) is 9.55 Å². The molecule has 0 atom stereocenters. The minimum Gasteiger partial charge on any atom is -0.333 e. The van der Waals surface area contributed by atoms with E-state index in [0.29, 0.717) is 0 Å². The largest absolute Gasteiger partial charge is 0.333 e. The van der Waals surface area contributed by atoms with E-state index in [2.05, 4.69) is 126 Å². The van der Waals surface area contributed by atoms with Gasteiger partial charge in [-0.3, -0.25) is 0 Å². The molecule has 5 aromatic carbocycles. The monoisotopic (exact) mass is 584 g/mol. The number of aryl methyl sites for hydroxylation is 1. The zero-order valence-electron chi connectivity index (χ0n) is 19.8. The molecule has 0 aliphatic rings. The molecule has 0 spiro atoms. The zero-order valence-corrected chi connectivity index (χ0v) is 23.7. The normalized spacial score (nSPS) is 10.5. The topological polar surface area (TPSA) is 20.7 Å². The van der Waals surface area contributed by atoms with Gasteiger partial charge in [0, 0.05) is 23.6 Å². The number of hydrogen-bond acceptors (Lipinski definition) is 0. The van der Waals surface area contributed by atoms with E-state index in [-0.39, 0.29) is 0 Å². The molecule has 176 valence electrons. The van der Waals surface area contributed by atoms with E-state index < -0.39 is 20.8 Å². The zero-order chi connectivity index (χ0) is 24.9. The number of aromatic amines is 1. The van der Waals surface area contributed by atoms with Crippen molar-refractivity contribution in [3.05, 3.63) is 127 Å². The molecule has 1 N–H and O–H groups in total. The molecule has 0 bridgehead atoms. The molecule has 0 aliphatic heterocycles. The quantitative estimate of drug-likeness (QED) is 0.195. The summed E-state index contributed by atoms with van der Waals surface area (Å²) in [7, 11) is 9.87. The summed E-state index contributed by atoms with van der Waals surface area (Å²) in [6, 6.07) is 38.4. The molecular weight excluding hydrogens is 562 g/mol. The molecule has 0 aliphatic carbocycles. The van der Waals surface area contributed by atoms with E-state index in [1.807, 2.05) is 12.1 Å². The summed E-state index contributed by atoms with van der Waals surface area (Å²) in [4.78, 5) is 3.47. The standard InChI is InChI=1S/C18H14N.C13H10N.2ClH.Zr/c1-12-18(16-8-4-5-9-17(16)19-12)15-10-13-6-2-3-7-14(13)11-15;1-2-10-14(9-1)13-8-4-6-11-5-3-7-12(11)13;;;/h2-11,19H,1H3;1-10H;2*1H;/q2*-1;;;+4/p-2. The molecule has 7 aromatic rings. The van der Waals surface area contributed by atoms with Crippen LogP contribution in [0.3, 0.4) is 0 Å². The van der Waals surface area contributed by atoms with Gasteiger partial charge in [0.2, 0.25) is 0 Å². The Kier molecular flexibility index (Phi) is 7.92. The summed E-state index contributed by atoms with van der Waals surface area (Å²) in [5, 5.41) is 6.53. The number of benzene rings is 3. The van der Waals surface area contributed by atoms with Crippen LogP contribution in [0.25, 0.3) is 49.3 Å². The Morgan fingerprint density at radius 1 is 0.778 bits per heavy atom. The first kappa shape index (κ1) is 24.8. The minimum absolute atomic E-state index is 0.826. The van der Waals surface area contributed by atoms with Crippen molar-refractivity contribution in [1.82, 2.24) is 9.55 Å². The van der Waals surface area contributed by atoms with Crippen molar-refractivity contribution in [2.75, 3.05) is 0 Å². The SMILES string of the molecule is Cc1[nH]c2ccccc2c1-c1cc2ccccc2[cH-]1.[Cl][Zr+2][Cl].c1cc(-n2cccc2)c2cc[cH-]c2c1. The third kappa shape index (κ3) is 5.15. The van der Waals surface area contributed by atoms with Gasteiger partial charge < -0.3 is 9.55 Å². The van der Waals surface area contributed by atoms with E-state index in [4.69, 9.17) is 17.0 Å². The van der Waals surface area contributed by atoms with Crippen LogP contribution in [0.5, 0.6) is 0 Å². The summed E-state index contributed by atoms with van der Waals surface area (Å²) in [6.07, 6.45) is 4.14. The van der Waals surface area contributed by atoms with Gasteiger partial charge in [-0.15, -0.1) is 63.5 Å². The Hall–Kier alpha value is -2.84. The van der Waals surface area contributed by atoms with Gasteiger partial charge in [-0.2, -0.15) is 12.1 Å². The van der Waals surface area contributed by atoms with Crippen LogP contribution >= 0.6 is 17.0 Å². The molecule has 0 unspecified atom stereocenters. The third-order valence-electron chi connectivity index (χ3n) is 6.34. The molecule has 2 aromatic heterocycles. The van der Waals surface area contributed by atoms with Gasteiger partial charge in [-0.25, -0.2) is 0 Å². The maximum Gasteiger partial charge on any atom is 0.00799 e. The van der Waals surface area contributed by atoms with Gasteiger partial charge in [0.25, 0.3) is 0 Å². The van der Waals surface area contributed by atoms with Gasteiger partial charge in [0.15, 0.2) is 0 Å². The van der Waals surface area contributed by atoms with E-state index in [0.717, 1.165) is 0 Å². The summed E-state index contributed by atoms with van der Waals surface area (Å²) < 4.78 is 2.14. The van der Waals surface area contributed by atoms with E-state index in [1.54, 1.807) is 0 Å². The summed E-state index contributed by atoms with van der Waals surface area (Å²) in [6.45, 7) is 2.15. The summed E-state index contributed by atoms with van der Waals surface area (Å²) in [5.41, 5.74) is 6.32. The number of halogens is 2. The van der Waals surface area contributed by atoms with Crippen molar-refractivity contribution < 1.29 is 20.8 Å². The summed E-state index contributed by atoms with van der Waals surface area (Å²) >= 11 is -0.826. The predicted molar refractivity (Wildman–Crippen MR) is 152 cm³/mol. The molecule has 5 heteroatoms. The van der Waals surface area contributed by atoms with Crippen LogP contribution in [0.15, 0.2) is 122 Å². The Morgan fingerprint density at radius 3 is 2.31 bits per heavy atom. The van der Waals surface area contributed by atoms with Crippen molar-refractivity contribution in [1.29, 1.82) is 0 Å². The van der Waals surface area contributed by atoms with Crippen LogP contribution in [0, 0.1) is 6.92 Å². The average Bonchev–Trinajstić information content (AvgIpc) is 3.69. The van der Waals surface area contributed by atoms with Gasteiger partial charge in [0.1, 0.15) is 0 Å². The molecule has 2 heterocycles. The number of rotatable bonds is 2. The molecule has 0 saturated heterocycles. The van der Waals surface area contributed by atoms with E-state index in [1.165, 1.54) is 55.0 Å². The fourth-order valence-electron chi connectivity index (χ4n) is 4.81. The first-order valence-electron chi connectivity index (χ1n) is 11.7. The van der Waals surface area contributed by atoms with Crippen LogP contribution in [-0.2, 0) is 20.8 Å². The maximum absolute atomic E-state index is 4.93. The van der Waals surface area contributed by atoms with Crippen molar-refractivity contribution in [2.24, 2.45) is 0 Å². The minimum atomic E-state index is -0.826. The van der Waals surface area contributed by atoms with Gasteiger partial charge in [-0.1, -0.05) is 48.0 Å². The Labute approximate surface area is 229 Å². The maximum atomic E-state index is 4.93. The van der Waals surface area contributed by atoms with Crippen molar-refractivity contribution in [3.8, 4) is 16.8 Å². The number of hydrogen-bond donors (Lipinski definition) is 1. The fourth-order valence-corrected chi connectivity index (χ4v) is 4.81. The molecule has 0 fully saturated rings. The first-order valence-corrected chi connectivity index (χ1v) is 18.0. The van der Waals surface area contributed by atoms with Crippen molar-refractivity contribution in [3.63, 3.8) is 0 Å². The molecule has 0 saturated carbocycles. The van der Waals surface area contributed by atoms with Gasteiger partial charge >= 0.3 is 37.9 Å². The van der Waals surface area contributed by atoms with Crippen LogP contribution in [0.1, 0.15) is 5.69 Å². The Bertz CT molecular complexity index is 1670.